The number of H-pyrrole nitrogens is 1. The number of methoxy groups -OCH3 is 1. The monoisotopic (exact) mass is 344 g/mol. The lowest BCUT2D eigenvalue weighted by atomic mass is 9.85. The maximum atomic E-state index is 9.82. The number of pyridine rings is 1. The number of aromatic nitrogens is 2. The molecule has 4 heteroatoms. The quantitative estimate of drug-likeness (QED) is 0.539. The summed E-state index contributed by atoms with van der Waals surface area (Å²) in [6.45, 7) is 0. The van der Waals surface area contributed by atoms with Crippen molar-refractivity contribution in [1.82, 2.24) is 9.97 Å². The van der Waals surface area contributed by atoms with Crippen LogP contribution in [0.5, 0.6) is 11.5 Å². The molecular formula is C22H20N2O2. The molecule has 0 saturated carbocycles. The Morgan fingerprint density at radius 2 is 1.88 bits per heavy atom. The molecule has 1 aliphatic carbocycles. The summed E-state index contributed by atoms with van der Waals surface area (Å²) in [5.41, 5.74) is 7.05. The SMILES string of the molecule is COc1cc(O)ccc1-c1[nH]c2ccc3nccc3c2c2c1CCCC2. The van der Waals surface area contributed by atoms with E-state index in [1.54, 1.807) is 19.2 Å². The van der Waals surface area contributed by atoms with Crippen molar-refractivity contribution in [1.29, 1.82) is 0 Å². The summed E-state index contributed by atoms with van der Waals surface area (Å²) in [6, 6.07) is 11.6. The summed E-state index contributed by atoms with van der Waals surface area (Å²) in [6.07, 6.45) is 6.41. The first-order valence-electron chi connectivity index (χ1n) is 9.05. The van der Waals surface area contributed by atoms with Crippen LogP contribution in [-0.2, 0) is 12.8 Å². The zero-order chi connectivity index (χ0) is 17.7. The first-order valence-corrected chi connectivity index (χ1v) is 9.05. The van der Waals surface area contributed by atoms with E-state index in [9.17, 15) is 5.11 Å². The lowest BCUT2D eigenvalue weighted by Gasteiger charge is -2.23. The average Bonchev–Trinajstić information content (AvgIpc) is 3.16. The van der Waals surface area contributed by atoms with Gasteiger partial charge in [-0.05, 0) is 67.1 Å². The Bertz CT molecular complexity index is 1140. The number of rotatable bonds is 2. The fourth-order valence-electron chi connectivity index (χ4n) is 4.29. The Labute approximate surface area is 151 Å². The van der Waals surface area contributed by atoms with Gasteiger partial charge in [0.1, 0.15) is 11.5 Å². The largest absolute Gasteiger partial charge is 0.508 e. The van der Waals surface area contributed by atoms with E-state index in [1.165, 1.54) is 34.7 Å². The number of hydrogen-bond acceptors (Lipinski definition) is 3. The van der Waals surface area contributed by atoms with Crippen molar-refractivity contribution in [3.05, 3.63) is 53.7 Å². The van der Waals surface area contributed by atoms with Gasteiger partial charge in [-0.2, -0.15) is 0 Å². The van der Waals surface area contributed by atoms with Crippen molar-refractivity contribution in [3.63, 3.8) is 0 Å². The zero-order valence-corrected chi connectivity index (χ0v) is 14.7. The number of phenols is 1. The number of ether oxygens (including phenoxy) is 1. The Morgan fingerprint density at radius 1 is 1.04 bits per heavy atom. The van der Waals surface area contributed by atoms with Crippen LogP contribution in [0.25, 0.3) is 33.1 Å². The van der Waals surface area contributed by atoms with E-state index in [4.69, 9.17) is 4.74 Å². The van der Waals surface area contributed by atoms with Crippen molar-refractivity contribution in [2.75, 3.05) is 7.11 Å². The van der Waals surface area contributed by atoms with E-state index in [-0.39, 0.29) is 5.75 Å². The van der Waals surface area contributed by atoms with Crippen LogP contribution in [0.2, 0.25) is 0 Å². The van der Waals surface area contributed by atoms with Gasteiger partial charge in [0, 0.05) is 34.1 Å². The molecule has 26 heavy (non-hydrogen) atoms. The number of benzene rings is 2. The predicted octanol–water partition coefficient (Wildman–Crippen LogP) is 4.98. The van der Waals surface area contributed by atoms with Crippen molar-refractivity contribution in [2.45, 2.75) is 25.7 Å². The number of aromatic amines is 1. The smallest absolute Gasteiger partial charge is 0.131 e. The summed E-state index contributed by atoms with van der Waals surface area (Å²) >= 11 is 0. The fraction of sp³-hybridized carbons (Fsp3) is 0.227. The number of nitrogens with one attached hydrogen (secondary N) is 1. The average molecular weight is 344 g/mol. The maximum absolute atomic E-state index is 9.82. The van der Waals surface area contributed by atoms with Gasteiger partial charge in [-0.15, -0.1) is 0 Å². The van der Waals surface area contributed by atoms with E-state index in [1.807, 2.05) is 12.3 Å². The summed E-state index contributed by atoms with van der Waals surface area (Å²) in [4.78, 5) is 8.13. The summed E-state index contributed by atoms with van der Waals surface area (Å²) in [5, 5.41) is 12.3. The highest BCUT2D eigenvalue weighted by atomic mass is 16.5. The Morgan fingerprint density at radius 3 is 2.73 bits per heavy atom. The minimum atomic E-state index is 0.213. The third-order valence-electron chi connectivity index (χ3n) is 5.46. The molecule has 0 aliphatic heterocycles. The second kappa shape index (κ2) is 5.77. The number of aromatic hydroxyl groups is 1. The van der Waals surface area contributed by atoms with E-state index in [2.05, 4.69) is 28.2 Å². The third kappa shape index (κ3) is 2.18. The molecule has 4 nitrogen and oxygen atoms in total. The molecule has 0 fully saturated rings. The summed E-state index contributed by atoms with van der Waals surface area (Å²) in [7, 11) is 1.64. The Hall–Kier alpha value is -3.01. The second-order valence-electron chi connectivity index (χ2n) is 6.91. The zero-order valence-electron chi connectivity index (χ0n) is 14.7. The molecular weight excluding hydrogens is 324 g/mol. The van der Waals surface area contributed by atoms with Crippen LogP contribution < -0.4 is 4.74 Å². The van der Waals surface area contributed by atoms with Crippen molar-refractivity contribution in [2.24, 2.45) is 0 Å². The van der Waals surface area contributed by atoms with Crippen LogP contribution in [0.4, 0.5) is 0 Å². The van der Waals surface area contributed by atoms with Crippen molar-refractivity contribution >= 4 is 21.8 Å². The molecule has 4 aromatic rings. The molecule has 0 atom stereocenters. The Kier molecular flexibility index (Phi) is 3.38. The molecule has 0 unspecified atom stereocenters. The molecule has 0 spiro atoms. The molecule has 0 amide bonds. The van der Waals surface area contributed by atoms with Crippen LogP contribution in [0.15, 0.2) is 42.6 Å². The van der Waals surface area contributed by atoms with Gasteiger partial charge in [0.05, 0.1) is 18.3 Å². The van der Waals surface area contributed by atoms with Crippen molar-refractivity contribution in [3.8, 4) is 22.8 Å². The van der Waals surface area contributed by atoms with Gasteiger partial charge in [-0.25, -0.2) is 0 Å². The fourth-order valence-corrected chi connectivity index (χ4v) is 4.29. The molecule has 5 rings (SSSR count). The summed E-state index contributed by atoms with van der Waals surface area (Å²) < 4.78 is 5.55. The first-order chi connectivity index (χ1) is 12.8. The van der Waals surface area contributed by atoms with Gasteiger partial charge in [-0.3, -0.25) is 4.98 Å². The molecule has 0 bridgehead atoms. The van der Waals surface area contributed by atoms with Crippen LogP contribution in [0, 0.1) is 0 Å². The van der Waals surface area contributed by atoms with Gasteiger partial charge >= 0.3 is 0 Å². The highest BCUT2D eigenvalue weighted by Crippen LogP contribution is 2.41. The molecule has 0 saturated heterocycles. The van der Waals surface area contributed by atoms with Crippen LogP contribution >= 0.6 is 0 Å². The number of nitrogens with zero attached hydrogens (tertiary/aromatic N) is 1. The molecule has 2 N–H and O–H groups in total. The van der Waals surface area contributed by atoms with Gasteiger partial charge < -0.3 is 14.8 Å². The van der Waals surface area contributed by atoms with Gasteiger partial charge in [0.15, 0.2) is 0 Å². The van der Waals surface area contributed by atoms with Crippen LogP contribution in [-0.4, -0.2) is 22.2 Å². The lowest BCUT2D eigenvalue weighted by molar-refractivity contribution is 0.409. The highest BCUT2D eigenvalue weighted by Gasteiger charge is 2.21. The first kappa shape index (κ1) is 15.3. The molecule has 1 aliphatic rings. The lowest BCUT2D eigenvalue weighted by Crippen LogP contribution is -2.08. The molecule has 130 valence electrons. The molecule has 2 aromatic heterocycles. The number of fused-ring (bicyclic) bond motifs is 5. The van der Waals surface area contributed by atoms with Gasteiger partial charge in [-0.1, -0.05) is 0 Å². The van der Waals surface area contributed by atoms with Crippen molar-refractivity contribution < 1.29 is 9.84 Å². The van der Waals surface area contributed by atoms with Crippen LogP contribution in [0.1, 0.15) is 24.0 Å². The van der Waals surface area contributed by atoms with E-state index < -0.39 is 0 Å². The topological polar surface area (TPSA) is 58.1 Å². The normalized spacial score (nSPS) is 13.9. The molecule has 2 aromatic carbocycles. The number of aryl methyl sites for hydroxylation is 1. The minimum Gasteiger partial charge on any atom is -0.508 e. The Balaban J connectivity index is 1.88. The number of hydrogen-bond donors (Lipinski definition) is 2. The second-order valence-corrected chi connectivity index (χ2v) is 6.91. The highest BCUT2D eigenvalue weighted by molar-refractivity contribution is 6.08. The maximum Gasteiger partial charge on any atom is 0.131 e. The van der Waals surface area contributed by atoms with E-state index in [0.717, 1.165) is 35.1 Å². The standard InChI is InChI=1S/C22H20N2O2/c1-26-20-12-13(25)6-7-17(20)22-15-5-3-2-4-14(15)21-16-10-11-23-18(16)8-9-19(21)24-22/h6-12,24-25H,2-5H2,1H3. The van der Waals surface area contributed by atoms with Gasteiger partial charge in [0.2, 0.25) is 0 Å². The minimum absolute atomic E-state index is 0.213. The molecule has 0 radical (unpaired) electrons. The predicted molar refractivity (Wildman–Crippen MR) is 104 cm³/mol. The van der Waals surface area contributed by atoms with E-state index >= 15 is 0 Å². The van der Waals surface area contributed by atoms with Gasteiger partial charge in [0.25, 0.3) is 0 Å². The van der Waals surface area contributed by atoms with E-state index in [0.29, 0.717) is 5.75 Å². The molecule has 2 heterocycles. The number of phenolic OH excluding ortho intramolecular Hbond substituents is 1. The summed E-state index contributed by atoms with van der Waals surface area (Å²) in [5.74, 6) is 0.897. The third-order valence-corrected chi connectivity index (χ3v) is 5.46. The van der Waals surface area contributed by atoms with Crippen LogP contribution in [0.3, 0.4) is 0 Å².